The van der Waals surface area contributed by atoms with Crippen molar-refractivity contribution in [3.8, 4) is 0 Å². The van der Waals surface area contributed by atoms with E-state index in [1.165, 1.54) is 0 Å². The Kier molecular flexibility index (Phi) is 5.32. The van der Waals surface area contributed by atoms with E-state index in [2.05, 4.69) is 16.3 Å². The standard InChI is InChI=1S/C11H12ClN3S3/c1-16-10-14-15-11(18-10)17-9-7(5-6-13)3-2-4-8(9)12/h2-4H,5-6,13H2,1H3. The summed E-state index contributed by atoms with van der Waals surface area (Å²) in [5.74, 6) is 0. The minimum atomic E-state index is 0.611. The largest absolute Gasteiger partial charge is 0.330 e. The molecule has 0 unspecified atom stereocenters. The molecule has 3 nitrogen and oxygen atoms in total. The van der Waals surface area contributed by atoms with Crippen LogP contribution in [0.2, 0.25) is 5.02 Å². The molecule has 0 amide bonds. The van der Waals surface area contributed by atoms with Crippen LogP contribution in [0.15, 0.2) is 31.8 Å². The van der Waals surface area contributed by atoms with E-state index in [-0.39, 0.29) is 0 Å². The first-order valence-corrected chi connectivity index (χ1v) is 8.51. The van der Waals surface area contributed by atoms with Crippen LogP contribution in [-0.4, -0.2) is 23.0 Å². The van der Waals surface area contributed by atoms with Gasteiger partial charge in [-0.15, -0.1) is 10.2 Å². The molecule has 7 heteroatoms. The van der Waals surface area contributed by atoms with Crippen LogP contribution in [0.4, 0.5) is 0 Å². The minimum Gasteiger partial charge on any atom is -0.330 e. The van der Waals surface area contributed by atoms with E-state index in [4.69, 9.17) is 17.3 Å². The summed E-state index contributed by atoms with van der Waals surface area (Å²) in [4.78, 5) is 1.04. The molecule has 0 saturated carbocycles. The number of nitrogens with zero attached hydrogens (tertiary/aromatic N) is 2. The Morgan fingerprint density at radius 2 is 2.11 bits per heavy atom. The van der Waals surface area contributed by atoms with Gasteiger partial charge in [0.05, 0.1) is 5.02 Å². The summed E-state index contributed by atoms with van der Waals surface area (Å²) in [6.45, 7) is 0.611. The van der Waals surface area contributed by atoms with E-state index in [0.717, 1.165) is 30.6 Å². The number of rotatable bonds is 5. The number of benzene rings is 1. The monoisotopic (exact) mass is 317 g/mol. The van der Waals surface area contributed by atoms with Crippen molar-refractivity contribution < 1.29 is 0 Å². The Morgan fingerprint density at radius 1 is 1.33 bits per heavy atom. The fourth-order valence-corrected chi connectivity index (χ4v) is 4.28. The summed E-state index contributed by atoms with van der Waals surface area (Å²) in [6, 6.07) is 5.89. The summed E-state index contributed by atoms with van der Waals surface area (Å²) >= 11 is 11.0. The third-order valence-corrected chi connectivity index (χ3v) is 5.78. The molecule has 2 aromatic rings. The zero-order chi connectivity index (χ0) is 13.0. The van der Waals surface area contributed by atoms with E-state index >= 15 is 0 Å². The molecule has 1 heterocycles. The van der Waals surface area contributed by atoms with Crippen molar-refractivity contribution in [3.05, 3.63) is 28.8 Å². The van der Waals surface area contributed by atoms with Gasteiger partial charge in [-0.25, -0.2) is 0 Å². The quantitative estimate of drug-likeness (QED) is 0.854. The summed E-state index contributed by atoms with van der Waals surface area (Å²) in [6.07, 6.45) is 2.81. The SMILES string of the molecule is CSc1nnc(Sc2c(Cl)cccc2CCN)s1. The van der Waals surface area contributed by atoms with E-state index in [1.807, 2.05) is 18.4 Å². The Hall–Kier alpha value is -0.270. The third kappa shape index (κ3) is 3.39. The average molecular weight is 318 g/mol. The van der Waals surface area contributed by atoms with Crippen LogP contribution in [0.25, 0.3) is 0 Å². The number of thioether (sulfide) groups is 1. The maximum atomic E-state index is 6.25. The lowest BCUT2D eigenvalue weighted by Gasteiger charge is -2.08. The second-order valence-electron chi connectivity index (χ2n) is 3.41. The highest BCUT2D eigenvalue weighted by Gasteiger charge is 2.11. The predicted octanol–water partition coefficient (Wildman–Crippen LogP) is 3.57. The highest BCUT2D eigenvalue weighted by atomic mass is 35.5. The average Bonchev–Trinajstić information content (AvgIpc) is 2.82. The molecule has 2 rings (SSSR count). The van der Waals surface area contributed by atoms with Gasteiger partial charge in [0.1, 0.15) is 0 Å². The lowest BCUT2D eigenvalue weighted by atomic mass is 10.1. The zero-order valence-electron chi connectivity index (χ0n) is 9.72. The van der Waals surface area contributed by atoms with Gasteiger partial charge >= 0.3 is 0 Å². The number of aromatic nitrogens is 2. The zero-order valence-corrected chi connectivity index (χ0v) is 12.9. The normalized spacial score (nSPS) is 10.8. The first-order chi connectivity index (χ1) is 8.74. The number of hydrogen-bond donors (Lipinski definition) is 1. The van der Waals surface area contributed by atoms with Gasteiger partial charge in [-0.1, -0.05) is 58.6 Å². The molecule has 2 N–H and O–H groups in total. The molecule has 0 saturated heterocycles. The second kappa shape index (κ2) is 6.77. The van der Waals surface area contributed by atoms with E-state index in [1.54, 1.807) is 34.9 Å². The molecule has 0 fully saturated rings. The molecule has 96 valence electrons. The Bertz CT molecular complexity index is 530. The first-order valence-electron chi connectivity index (χ1n) is 5.27. The van der Waals surface area contributed by atoms with E-state index < -0.39 is 0 Å². The predicted molar refractivity (Wildman–Crippen MR) is 80.0 cm³/mol. The van der Waals surface area contributed by atoms with Crippen molar-refractivity contribution in [1.82, 2.24) is 10.2 Å². The Balaban J connectivity index is 2.26. The highest BCUT2D eigenvalue weighted by Crippen LogP contribution is 2.38. The lowest BCUT2D eigenvalue weighted by molar-refractivity contribution is 0.938. The van der Waals surface area contributed by atoms with Crippen LogP contribution in [0.5, 0.6) is 0 Å². The number of halogens is 1. The van der Waals surface area contributed by atoms with E-state index in [9.17, 15) is 0 Å². The molecule has 0 aliphatic heterocycles. The van der Waals surface area contributed by atoms with Crippen LogP contribution in [-0.2, 0) is 6.42 Å². The maximum Gasteiger partial charge on any atom is 0.179 e. The van der Waals surface area contributed by atoms with Gasteiger partial charge < -0.3 is 5.73 Å². The van der Waals surface area contributed by atoms with Gasteiger partial charge in [0, 0.05) is 4.90 Å². The van der Waals surface area contributed by atoms with Gasteiger partial charge in [-0.05, 0) is 30.9 Å². The smallest absolute Gasteiger partial charge is 0.179 e. The molecule has 0 radical (unpaired) electrons. The van der Waals surface area contributed by atoms with Crippen molar-refractivity contribution in [2.45, 2.75) is 20.0 Å². The first kappa shape index (κ1) is 14.1. The van der Waals surface area contributed by atoms with Crippen LogP contribution < -0.4 is 5.73 Å². The molecule has 0 aliphatic rings. The maximum absolute atomic E-state index is 6.25. The summed E-state index contributed by atoms with van der Waals surface area (Å²) in [5.41, 5.74) is 6.78. The minimum absolute atomic E-state index is 0.611. The van der Waals surface area contributed by atoms with Gasteiger partial charge in [-0.2, -0.15) is 0 Å². The third-order valence-electron chi connectivity index (χ3n) is 2.21. The molecule has 0 spiro atoms. The van der Waals surface area contributed by atoms with E-state index in [0.29, 0.717) is 6.54 Å². The van der Waals surface area contributed by atoms with Crippen molar-refractivity contribution in [2.75, 3.05) is 12.8 Å². The van der Waals surface area contributed by atoms with Gasteiger partial charge in [0.15, 0.2) is 8.68 Å². The summed E-state index contributed by atoms with van der Waals surface area (Å²) < 4.78 is 1.87. The molecule has 1 aromatic carbocycles. The Labute approximate surface area is 124 Å². The molecular formula is C11H12ClN3S3. The van der Waals surface area contributed by atoms with Crippen LogP contribution in [0.1, 0.15) is 5.56 Å². The highest BCUT2D eigenvalue weighted by molar-refractivity contribution is 8.03. The van der Waals surface area contributed by atoms with Gasteiger partial charge in [0.2, 0.25) is 0 Å². The van der Waals surface area contributed by atoms with Crippen molar-refractivity contribution in [3.63, 3.8) is 0 Å². The summed E-state index contributed by atoms with van der Waals surface area (Å²) in [5, 5.41) is 8.97. The molecule has 0 atom stereocenters. The molecule has 0 bridgehead atoms. The lowest BCUT2D eigenvalue weighted by Crippen LogP contribution is -2.03. The van der Waals surface area contributed by atoms with Crippen LogP contribution in [0, 0.1) is 0 Å². The topological polar surface area (TPSA) is 51.8 Å². The molecule has 0 aliphatic carbocycles. The summed E-state index contributed by atoms with van der Waals surface area (Å²) in [7, 11) is 0. The van der Waals surface area contributed by atoms with Gasteiger partial charge in [-0.3, -0.25) is 0 Å². The Morgan fingerprint density at radius 3 is 2.78 bits per heavy atom. The fraction of sp³-hybridized carbons (Fsp3) is 0.273. The van der Waals surface area contributed by atoms with Gasteiger partial charge in [0.25, 0.3) is 0 Å². The van der Waals surface area contributed by atoms with Crippen molar-refractivity contribution >= 4 is 46.5 Å². The van der Waals surface area contributed by atoms with Crippen LogP contribution >= 0.6 is 46.5 Å². The van der Waals surface area contributed by atoms with Crippen molar-refractivity contribution in [1.29, 1.82) is 0 Å². The van der Waals surface area contributed by atoms with Crippen LogP contribution in [0.3, 0.4) is 0 Å². The number of hydrogen-bond acceptors (Lipinski definition) is 6. The fourth-order valence-electron chi connectivity index (χ4n) is 1.43. The second-order valence-corrected chi connectivity index (χ2v) is 7.10. The number of nitrogens with two attached hydrogens (primary N) is 1. The molecule has 1 aromatic heterocycles. The molecular weight excluding hydrogens is 306 g/mol. The van der Waals surface area contributed by atoms with Crippen molar-refractivity contribution in [2.24, 2.45) is 5.73 Å². The molecule has 18 heavy (non-hydrogen) atoms.